The molecule has 2 aromatic heterocycles. The van der Waals surface area contributed by atoms with Gasteiger partial charge < -0.3 is 20.3 Å². The third kappa shape index (κ3) is 4.59. The third-order valence-electron chi connectivity index (χ3n) is 4.62. The summed E-state index contributed by atoms with van der Waals surface area (Å²) in [5.41, 5.74) is 6.00. The van der Waals surface area contributed by atoms with E-state index in [2.05, 4.69) is 26.6 Å². The number of aliphatic hydroxyl groups is 1. The maximum atomic E-state index is 11.9. The molecule has 3 atom stereocenters. The molecule has 0 aliphatic carbocycles. The van der Waals surface area contributed by atoms with Crippen molar-refractivity contribution in [1.29, 1.82) is 0 Å². The summed E-state index contributed by atoms with van der Waals surface area (Å²) in [6.07, 6.45) is 1.76. The van der Waals surface area contributed by atoms with Crippen LogP contribution in [0.3, 0.4) is 0 Å². The zero-order chi connectivity index (χ0) is 21.0. The number of alkyl halides is 1. The molecule has 156 valence electrons. The van der Waals surface area contributed by atoms with Crippen molar-refractivity contribution in [2.75, 3.05) is 18.7 Å². The maximum Gasteiger partial charge on any atom is 0.280 e. The number of benzene rings is 1. The molecular weight excluding hydrogens is 398 g/mol. The molecule has 9 nitrogen and oxygen atoms in total. The molecular formula is C19H24ClN5O4. The van der Waals surface area contributed by atoms with E-state index in [1.807, 2.05) is 37.3 Å². The summed E-state index contributed by atoms with van der Waals surface area (Å²) in [7, 11) is 0. The molecule has 1 saturated heterocycles. The largest absolute Gasteiger partial charge is 0.388 e. The number of hydrogen-bond acceptors (Lipinski definition) is 7. The van der Waals surface area contributed by atoms with Crippen LogP contribution >= 0.6 is 11.6 Å². The van der Waals surface area contributed by atoms with E-state index in [4.69, 9.17) is 15.2 Å². The van der Waals surface area contributed by atoms with Gasteiger partial charge in [0.15, 0.2) is 17.4 Å². The highest BCUT2D eigenvalue weighted by Crippen LogP contribution is 2.37. The van der Waals surface area contributed by atoms with Crippen molar-refractivity contribution in [2.24, 2.45) is 0 Å². The summed E-state index contributed by atoms with van der Waals surface area (Å²) in [5.74, 6) is -0.0179. The average Bonchev–Trinajstić information content (AvgIpc) is 3.25. The molecule has 1 aliphatic heterocycles. The Hall–Kier alpha value is -2.46. The number of ether oxygens (including phenoxy) is 2. The lowest BCUT2D eigenvalue weighted by Crippen LogP contribution is -2.30. The van der Waals surface area contributed by atoms with Crippen molar-refractivity contribution < 1.29 is 14.6 Å². The van der Waals surface area contributed by atoms with Crippen molar-refractivity contribution in [3.63, 3.8) is 0 Å². The van der Waals surface area contributed by atoms with E-state index in [-0.39, 0.29) is 17.1 Å². The van der Waals surface area contributed by atoms with Gasteiger partial charge in [-0.2, -0.15) is 4.98 Å². The van der Waals surface area contributed by atoms with Crippen LogP contribution in [0.15, 0.2) is 41.5 Å². The van der Waals surface area contributed by atoms with E-state index in [9.17, 15) is 9.90 Å². The number of aliphatic hydroxyl groups excluding tert-OH is 1. The number of nitrogen functional groups attached to an aromatic ring is 1. The Kier molecular flexibility index (Phi) is 6.53. The topological polar surface area (TPSA) is 128 Å². The second kappa shape index (κ2) is 8.91. The lowest BCUT2D eigenvalue weighted by atomic mass is 10.0. The van der Waals surface area contributed by atoms with Crippen LogP contribution < -0.4 is 11.3 Å². The number of rotatable bonds is 5. The van der Waals surface area contributed by atoms with Gasteiger partial charge in [-0.25, -0.2) is 4.98 Å². The number of aromatic nitrogens is 4. The fourth-order valence-electron chi connectivity index (χ4n) is 3.38. The van der Waals surface area contributed by atoms with Gasteiger partial charge in [0.05, 0.1) is 25.1 Å². The van der Waals surface area contributed by atoms with Crippen LogP contribution in [0, 0.1) is 0 Å². The van der Waals surface area contributed by atoms with Gasteiger partial charge in [0.1, 0.15) is 6.10 Å². The summed E-state index contributed by atoms with van der Waals surface area (Å²) < 4.78 is 13.4. The molecule has 10 heteroatoms. The summed E-state index contributed by atoms with van der Waals surface area (Å²) >= 11 is 4.64. The second-order valence-corrected chi connectivity index (χ2v) is 6.98. The van der Waals surface area contributed by atoms with Crippen molar-refractivity contribution in [3.8, 4) is 0 Å². The number of anilines is 1. The molecule has 0 radical (unpaired) electrons. The molecule has 0 amide bonds. The fraction of sp³-hybridized carbons (Fsp3) is 0.421. The van der Waals surface area contributed by atoms with E-state index in [1.165, 1.54) is 17.3 Å². The zero-order valence-corrected chi connectivity index (χ0v) is 17.0. The van der Waals surface area contributed by atoms with E-state index in [1.54, 1.807) is 0 Å². The Morgan fingerprint density at radius 1 is 1.41 bits per heavy atom. The smallest absolute Gasteiger partial charge is 0.280 e. The number of nitrogens with two attached hydrogens (primary N) is 1. The minimum Gasteiger partial charge on any atom is -0.388 e. The molecule has 3 aromatic rings. The van der Waals surface area contributed by atoms with Crippen molar-refractivity contribution in [1.82, 2.24) is 19.5 Å². The molecule has 1 fully saturated rings. The van der Waals surface area contributed by atoms with Gasteiger partial charge in [-0.1, -0.05) is 30.3 Å². The zero-order valence-electron chi connectivity index (χ0n) is 16.2. The van der Waals surface area contributed by atoms with E-state index < -0.39 is 23.5 Å². The number of aromatic amines is 1. The van der Waals surface area contributed by atoms with Crippen LogP contribution in [0.2, 0.25) is 0 Å². The SMILES string of the molecule is CCl.C[C@@]1(COCc2ccccc2)CC(O)C(n2cnc3c(=O)[nH]c(N)nc32)O1. The number of H-pyrrole nitrogens is 1. The predicted molar refractivity (Wildman–Crippen MR) is 110 cm³/mol. The maximum absolute atomic E-state index is 11.9. The van der Waals surface area contributed by atoms with E-state index in [0.717, 1.165) is 5.56 Å². The van der Waals surface area contributed by atoms with Gasteiger partial charge in [0.2, 0.25) is 5.95 Å². The number of nitrogens with one attached hydrogen (secondary N) is 1. The van der Waals surface area contributed by atoms with Gasteiger partial charge in [-0.15, -0.1) is 11.6 Å². The van der Waals surface area contributed by atoms with Crippen LogP contribution in [-0.2, 0) is 16.1 Å². The van der Waals surface area contributed by atoms with Crippen LogP contribution in [-0.4, -0.2) is 49.3 Å². The second-order valence-electron chi connectivity index (χ2n) is 6.98. The van der Waals surface area contributed by atoms with E-state index in [0.29, 0.717) is 19.6 Å². The molecule has 29 heavy (non-hydrogen) atoms. The van der Waals surface area contributed by atoms with Gasteiger partial charge in [0.25, 0.3) is 5.56 Å². The molecule has 1 aliphatic rings. The highest BCUT2D eigenvalue weighted by atomic mass is 35.5. The van der Waals surface area contributed by atoms with Crippen LogP contribution in [0.1, 0.15) is 25.1 Å². The third-order valence-corrected chi connectivity index (χ3v) is 4.62. The summed E-state index contributed by atoms with van der Waals surface area (Å²) in [6, 6.07) is 9.84. The lowest BCUT2D eigenvalue weighted by molar-refractivity contribution is -0.113. The Morgan fingerprint density at radius 3 is 2.86 bits per heavy atom. The summed E-state index contributed by atoms with van der Waals surface area (Å²) in [5, 5.41) is 10.5. The van der Waals surface area contributed by atoms with Crippen LogP contribution in [0.25, 0.3) is 11.2 Å². The first-order valence-electron chi connectivity index (χ1n) is 9.03. The Balaban J connectivity index is 0.00000117. The average molecular weight is 422 g/mol. The standard InChI is InChI=1S/C18H21N5O4.CH3Cl/c1-18(9-26-8-11-5-3-2-4-6-11)7-12(24)16(27-18)23-10-20-13-14(23)21-17(19)22-15(13)25;1-2/h2-6,10,12,16,24H,7-9H2,1H3,(H3,19,21,22,25);1H3/t12?,16?,18-;/m0./s1. The first kappa shape index (κ1) is 21.3. The molecule has 4 N–H and O–H groups in total. The Morgan fingerprint density at radius 2 is 2.14 bits per heavy atom. The van der Waals surface area contributed by atoms with Crippen molar-refractivity contribution in [2.45, 2.75) is 37.9 Å². The lowest BCUT2D eigenvalue weighted by Gasteiger charge is -2.24. The van der Waals surface area contributed by atoms with Crippen molar-refractivity contribution in [3.05, 3.63) is 52.6 Å². The number of halogens is 1. The van der Waals surface area contributed by atoms with Gasteiger partial charge in [-0.05, 0) is 12.5 Å². The number of nitrogens with zero attached hydrogens (tertiary/aromatic N) is 3. The molecule has 2 unspecified atom stereocenters. The molecule has 0 saturated carbocycles. The Labute approximate surface area is 172 Å². The predicted octanol–water partition coefficient (Wildman–Crippen LogP) is 1.81. The van der Waals surface area contributed by atoms with Gasteiger partial charge >= 0.3 is 0 Å². The molecule has 1 aromatic carbocycles. The van der Waals surface area contributed by atoms with Crippen LogP contribution in [0.4, 0.5) is 5.95 Å². The molecule has 0 bridgehead atoms. The first-order valence-corrected chi connectivity index (χ1v) is 9.78. The normalized spacial score (nSPS) is 23.7. The van der Waals surface area contributed by atoms with Gasteiger partial charge in [-0.3, -0.25) is 14.3 Å². The van der Waals surface area contributed by atoms with Crippen molar-refractivity contribution >= 4 is 28.7 Å². The summed E-state index contributed by atoms with van der Waals surface area (Å²) in [6.45, 7) is 2.66. The quantitative estimate of drug-likeness (QED) is 0.536. The van der Waals surface area contributed by atoms with Crippen LogP contribution in [0.5, 0.6) is 0 Å². The minimum absolute atomic E-state index is 0.0179. The van der Waals surface area contributed by atoms with Gasteiger partial charge in [0, 0.05) is 12.8 Å². The van der Waals surface area contributed by atoms with E-state index >= 15 is 0 Å². The fourth-order valence-corrected chi connectivity index (χ4v) is 3.38. The monoisotopic (exact) mass is 421 g/mol. The first-order chi connectivity index (χ1) is 14.0. The molecule has 0 spiro atoms. The highest BCUT2D eigenvalue weighted by Gasteiger charge is 2.44. The minimum atomic E-state index is -0.796. The highest BCUT2D eigenvalue weighted by molar-refractivity contribution is 6.15. The molecule has 3 heterocycles. The molecule has 4 rings (SSSR count). The number of fused-ring (bicyclic) bond motifs is 1. The number of hydrogen-bond donors (Lipinski definition) is 3. The summed E-state index contributed by atoms with van der Waals surface area (Å²) in [4.78, 5) is 22.5. The number of imidazole rings is 1. The Bertz CT molecular complexity index is 1010.